The van der Waals surface area contributed by atoms with Crippen LogP contribution in [0.5, 0.6) is 0 Å². The highest BCUT2D eigenvalue weighted by Gasteiger charge is 2.05. The van der Waals surface area contributed by atoms with Gasteiger partial charge in [0.15, 0.2) is 0 Å². The van der Waals surface area contributed by atoms with E-state index < -0.39 is 0 Å². The van der Waals surface area contributed by atoms with E-state index in [4.69, 9.17) is 0 Å². The normalized spacial score (nSPS) is 10.9. The van der Waals surface area contributed by atoms with Crippen LogP contribution in [0.2, 0.25) is 0 Å². The molecule has 0 radical (unpaired) electrons. The van der Waals surface area contributed by atoms with Crippen molar-refractivity contribution in [3.05, 3.63) is 71.6 Å². The molecule has 0 spiro atoms. The minimum Gasteiger partial charge on any atom is -0.323 e. The Bertz CT molecular complexity index is 884. The van der Waals surface area contributed by atoms with Crippen LogP contribution in [0.3, 0.4) is 0 Å². The molecule has 1 amide bonds. The minimum atomic E-state index is -0.175. The molecule has 0 saturated carbocycles. The van der Waals surface area contributed by atoms with Gasteiger partial charge in [0.1, 0.15) is 6.33 Å². The number of aromatic nitrogens is 4. The highest BCUT2D eigenvalue weighted by Crippen LogP contribution is 2.18. The zero-order valence-corrected chi connectivity index (χ0v) is 13.5. The SMILES string of the molecule is Cc1cccc(/C=C/C(=O)Nc2ccc(-n3cnnn3)c(C)c2)c1. The molecule has 6 nitrogen and oxygen atoms in total. The molecule has 0 bridgehead atoms. The van der Waals surface area contributed by atoms with Gasteiger partial charge >= 0.3 is 0 Å². The van der Waals surface area contributed by atoms with E-state index in [-0.39, 0.29) is 5.91 Å². The Morgan fingerprint density at radius 1 is 1.17 bits per heavy atom. The molecule has 120 valence electrons. The Balaban J connectivity index is 1.69. The predicted molar refractivity (Wildman–Crippen MR) is 92.7 cm³/mol. The van der Waals surface area contributed by atoms with E-state index in [1.165, 1.54) is 12.4 Å². The first kappa shape index (κ1) is 15.6. The van der Waals surface area contributed by atoms with Gasteiger partial charge in [-0.25, -0.2) is 4.68 Å². The molecule has 24 heavy (non-hydrogen) atoms. The van der Waals surface area contributed by atoms with Gasteiger partial charge < -0.3 is 5.32 Å². The zero-order chi connectivity index (χ0) is 16.9. The van der Waals surface area contributed by atoms with Gasteiger partial charge in [-0.15, -0.1) is 5.10 Å². The average Bonchev–Trinajstić information content (AvgIpc) is 3.07. The summed E-state index contributed by atoms with van der Waals surface area (Å²) in [6.07, 6.45) is 4.86. The second-order valence-corrected chi connectivity index (χ2v) is 5.49. The molecular weight excluding hydrogens is 302 g/mol. The molecule has 2 aromatic carbocycles. The van der Waals surface area contributed by atoms with E-state index in [9.17, 15) is 4.79 Å². The van der Waals surface area contributed by atoms with E-state index in [1.54, 1.807) is 10.8 Å². The second-order valence-electron chi connectivity index (χ2n) is 5.49. The number of carbonyl (C=O) groups is 1. The maximum atomic E-state index is 12.1. The maximum absolute atomic E-state index is 12.1. The number of tetrazole rings is 1. The Kier molecular flexibility index (Phi) is 4.47. The number of carbonyl (C=O) groups excluding carboxylic acids is 1. The fraction of sp³-hybridized carbons (Fsp3) is 0.111. The second kappa shape index (κ2) is 6.87. The maximum Gasteiger partial charge on any atom is 0.248 e. The van der Waals surface area contributed by atoms with Crippen molar-refractivity contribution in [3.8, 4) is 5.69 Å². The summed E-state index contributed by atoms with van der Waals surface area (Å²) in [6.45, 7) is 3.96. The van der Waals surface area contributed by atoms with Gasteiger partial charge in [-0.05, 0) is 59.7 Å². The molecule has 0 fully saturated rings. The number of aryl methyl sites for hydroxylation is 2. The third kappa shape index (κ3) is 3.73. The number of hydrogen-bond donors (Lipinski definition) is 1. The first-order valence-corrected chi connectivity index (χ1v) is 7.51. The van der Waals surface area contributed by atoms with Crippen molar-refractivity contribution in [2.24, 2.45) is 0 Å². The van der Waals surface area contributed by atoms with Crippen molar-refractivity contribution in [1.82, 2.24) is 20.2 Å². The van der Waals surface area contributed by atoms with Crippen molar-refractivity contribution < 1.29 is 4.79 Å². The summed E-state index contributed by atoms with van der Waals surface area (Å²) in [5.74, 6) is -0.175. The lowest BCUT2D eigenvalue weighted by molar-refractivity contribution is -0.111. The highest BCUT2D eigenvalue weighted by molar-refractivity contribution is 6.02. The molecule has 0 unspecified atom stereocenters. The van der Waals surface area contributed by atoms with Crippen molar-refractivity contribution in [2.75, 3.05) is 5.32 Å². The number of amides is 1. The smallest absolute Gasteiger partial charge is 0.248 e. The molecule has 1 aromatic heterocycles. The van der Waals surface area contributed by atoms with Crippen LogP contribution >= 0.6 is 0 Å². The van der Waals surface area contributed by atoms with Crippen LogP contribution in [0, 0.1) is 13.8 Å². The summed E-state index contributed by atoms with van der Waals surface area (Å²) in [4.78, 5) is 12.1. The number of hydrogen-bond acceptors (Lipinski definition) is 4. The van der Waals surface area contributed by atoms with Crippen LogP contribution in [0.15, 0.2) is 54.9 Å². The average molecular weight is 319 g/mol. The molecule has 0 saturated heterocycles. The van der Waals surface area contributed by atoms with Gasteiger partial charge in [-0.2, -0.15) is 0 Å². The van der Waals surface area contributed by atoms with Gasteiger partial charge in [-0.1, -0.05) is 29.8 Å². The van der Waals surface area contributed by atoms with E-state index in [0.29, 0.717) is 0 Å². The molecule has 1 heterocycles. The Labute approximate surface area is 139 Å². The summed E-state index contributed by atoms with van der Waals surface area (Å²) in [5.41, 5.74) is 4.71. The third-order valence-corrected chi connectivity index (χ3v) is 3.53. The summed E-state index contributed by atoms with van der Waals surface area (Å²) in [5, 5.41) is 14.0. The molecule has 0 aliphatic heterocycles. The summed E-state index contributed by atoms with van der Waals surface area (Å²) < 4.78 is 1.58. The van der Waals surface area contributed by atoms with Crippen LogP contribution in [0.4, 0.5) is 5.69 Å². The Morgan fingerprint density at radius 2 is 2.04 bits per heavy atom. The lowest BCUT2D eigenvalue weighted by Crippen LogP contribution is -2.08. The highest BCUT2D eigenvalue weighted by atomic mass is 16.1. The fourth-order valence-corrected chi connectivity index (χ4v) is 2.39. The summed E-state index contributed by atoms with van der Waals surface area (Å²) >= 11 is 0. The number of nitrogens with zero attached hydrogens (tertiary/aromatic N) is 4. The standard InChI is InChI=1S/C18H17N5O/c1-13-4-3-5-15(10-13)6-9-18(24)20-16-7-8-17(14(2)11-16)23-12-19-21-22-23/h3-12H,1-2H3,(H,20,24)/b9-6+. The number of anilines is 1. The van der Waals surface area contributed by atoms with E-state index >= 15 is 0 Å². The van der Waals surface area contributed by atoms with Crippen molar-refractivity contribution in [1.29, 1.82) is 0 Å². The van der Waals surface area contributed by atoms with Gasteiger partial charge in [0, 0.05) is 11.8 Å². The predicted octanol–water partition coefficient (Wildman–Crippen LogP) is 2.93. The first-order valence-electron chi connectivity index (χ1n) is 7.51. The minimum absolute atomic E-state index is 0.175. The van der Waals surface area contributed by atoms with Crippen LogP contribution in [-0.4, -0.2) is 26.1 Å². The molecule has 3 aromatic rings. The Morgan fingerprint density at radius 3 is 2.75 bits per heavy atom. The first-order chi connectivity index (χ1) is 11.6. The monoisotopic (exact) mass is 319 g/mol. The van der Waals surface area contributed by atoms with Crippen LogP contribution < -0.4 is 5.32 Å². The van der Waals surface area contributed by atoms with Gasteiger partial charge in [0.25, 0.3) is 0 Å². The molecule has 6 heteroatoms. The fourth-order valence-electron chi connectivity index (χ4n) is 2.39. The topological polar surface area (TPSA) is 72.7 Å². The lowest BCUT2D eigenvalue weighted by atomic mass is 10.1. The molecule has 0 aliphatic carbocycles. The zero-order valence-electron chi connectivity index (χ0n) is 13.5. The largest absolute Gasteiger partial charge is 0.323 e. The molecule has 3 rings (SSSR count). The van der Waals surface area contributed by atoms with Gasteiger partial charge in [0.2, 0.25) is 5.91 Å². The van der Waals surface area contributed by atoms with E-state index in [0.717, 1.165) is 28.1 Å². The van der Waals surface area contributed by atoms with Crippen molar-refractivity contribution in [3.63, 3.8) is 0 Å². The summed E-state index contributed by atoms with van der Waals surface area (Å²) in [6, 6.07) is 13.5. The third-order valence-electron chi connectivity index (χ3n) is 3.53. The van der Waals surface area contributed by atoms with E-state index in [2.05, 4.69) is 20.8 Å². The number of rotatable bonds is 4. The number of benzene rings is 2. The molecule has 0 aliphatic rings. The van der Waals surface area contributed by atoms with Crippen molar-refractivity contribution in [2.45, 2.75) is 13.8 Å². The molecular formula is C18H17N5O. The van der Waals surface area contributed by atoms with E-state index in [1.807, 2.05) is 56.3 Å². The van der Waals surface area contributed by atoms with Gasteiger partial charge in [-0.3, -0.25) is 4.79 Å². The van der Waals surface area contributed by atoms with Crippen LogP contribution in [0.25, 0.3) is 11.8 Å². The lowest BCUT2D eigenvalue weighted by Gasteiger charge is -2.08. The molecule has 1 N–H and O–H groups in total. The summed E-state index contributed by atoms with van der Waals surface area (Å²) in [7, 11) is 0. The van der Waals surface area contributed by atoms with Crippen LogP contribution in [0.1, 0.15) is 16.7 Å². The number of nitrogens with one attached hydrogen (secondary N) is 1. The van der Waals surface area contributed by atoms with Crippen molar-refractivity contribution >= 4 is 17.7 Å². The molecule has 0 atom stereocenters. The van der Waals surface area contributed by atoms with Gasteiger partial charge in [0.05, 0.1) is 5.69 Å². The Hall–Kier alpha value is -3.28. The quantitative estimate of drug-likeness (QED) is 0.750. The van der Waals surface area contributed by atoms with Crippen LogP contribution in [-0.2, 0) is 4.79 Å².